The molecule has 1 aromatic heterocycles. The zero-order valence-electron chi connectivity index (χ0n) is 10.7. The summed E-state index contributed by atoms with van der Waals surface area (Å²) in [6.07, 6.45) is 0.588. The molecule has 1 heterocycles. The summed E-state index contributed by atoms with van der Waals surface area (Å²) < 4.78 is 28.4. The van der Waals surface area contributed by atoms with Crippen LogP contribution >= 0.6 is 11.6 Å². The predicted molar refractivity (Wildman–Crippen MR) is 74.2 cm³/mol. The van der Waals surface area contributed by atoms with Gasteiger partial charge in [0.2, 0.25) is 6.41 Å². The van der Waals surface area contributed by atoms with Crippen LogP contribution < -0.4 is 10.1 Å². The van der Waals surface area contributed by atoms with E-state index in [9.17, 15) is 13.6 Å². The third-order valence-electron chi connectivity index (χ3n) is 2.62. The lowest BCUT2D eigenvalue weighted by Gasteiger charge is -2.08. The Bertz CT molecular complexity index is 621. The van der Waals surface area contributed by atoms with Crippen molar-refractivity contribution >= 4 is 18.0 Å². The molecule has 4 nitrogen and oxygen atoms in total. The first-order chi connectivity index (χ1) is 10.1. The molecule has 110 valence electrons. The molecule has 1 aromatic carbocycles. The van der Waals surface area contributed by atoms with Gasteiger partial charge < -0.3 is 10.1 Å². The van der Waals surface area contributed by atoms with E-state index < -0.39 is 6.61 Å². The lowest BCUT2D eigenvalue weighted by atomic mass is 10.1. The molecule has 0 spiro atoms. The van der Waals surface area contributed by atoms with E-state index in [2.05, 4.69) is 15.0 Å². The van der Waals surface area contributed by atoms with Gasteiger partial charge in [-0.3, -0.25) is 4.79 Å². The molecule has 0 aliphatic heterocycles. The Morgan fingerprint density at radius 3 is 2.62 bits per heavy atom. The van der Waals surface area contributed by atoms with E-state index >= 15 is 0 Å². The first-order valence-electron chi connectivity index (χ1n) is 5.97. The minimum atomic E-state index is -2.86. The summed E-state index contributed by atoms with van der Waals surface area (Å²) in [7, 11) is 0. The number of rotatable bonds is 6. The van der Waals surface area contributed by atoms with Gasteiger partial charge >= 0.3 is 6.61 Å². The van der Waals surface area contributed by atoms with Gasteiger partial charge in [0, 0.05) is 12.1 Å². The van der Waals surface area contributed by atoms with Gasteiger partial charge in [0.1, 0.15) is 10.9 Å². The Morgan fingerprint density at radius 1 is 1.29 bits per heavy atom. The van der Waals surface area contributed by atoms with Crippen LogP contribution in [-0.2, 0) is 11.3 Å². The van der Waals surface area contributed by atoms with Gasteiger partial charge in [0.15, 0.2) is 0 Å². The number of nitrogens with one attached hydrogen (secondary N) is 1. The van der Waals surface area contributed by atoms with Gasteiger partial charge in [-0.1, -0.05) is 11.6 Å². The molecule has 0 bridgehead atoms. The van der Waals surface area contributed by atoms with Crippen molar-refractivity contribution in [2.24, 2.45) is 0 Å². The van der Waals surface area contributed by atoms with Crippen molar-refractivity contribution in [2.75, 3.05) is 0 Å². The smallest absolute Gasteiger partial charge is 0.387 e. The van der Waals surface area contributed by atoms with Crippen molar-refractivity contribution in [1.29, 1.82) is 0 Å². The number of halogens is 3. The van der Waals surface area contributed by atoms with Crippen molar-refractivity contribution in [2.45, 2.75) is 13.2 Å². The topological polar surface area (TPSA) is 51.2 Å². The van der Waals surface area contributed by atoms with Crippen molar-refractivity contribution in [3.05, 3.63) is 47.1 Å². The number of carbonyl (C=O) groups excluding carboxylic acids is 1. The molecule has 2 rings (SSSR count). The fourth-order valence-corrected chi connectivity index (χ4v) is 2.00. The monoisotopic (exact) mass is 312 g/mol. The van der Waals surface area contributed by atoms with E-state index in [-0.39, 0.29) is 10.9 Å². The van der Waals surface area contributed by atoms with Crippen LogP contribution in [0.2, 0.25) is 5.15 Å². The van der Waals surface area contributed by atoms with E-state index in [1.165, 1.54) is 12.1 Å². The van der Waals surface area contributed by atoms with Gasteiger partial charge in [-0.05, 0) is 42.0 Å². The predicted octanol–water partition coefficient (Wildman–Crippen LogP) is 3.25. The fraction of sp³-hybridized carbons (Fsp3) is 0.143. The summed E-state index contributed by atoms with van der Waals surface area (Å²) in [6.45, 7) is -2.54. The highest BCUT2D eigenvalue weighted by Crippen LogP contribution is 2.24. The largest absolute Gasteiger partial charge is 0.435 e. The maximum Gasteiger partial charge on any atom is 0.387 e. The highest BCUT2D eigenvalue weighted by atomic mass is 35.5. The van der Waals surface area contributed by atoms with Gasteiger partial charge in [0.05, 0.1) is 5.69 Å². The Kier molecular flexibility index (Phi) is 5.05. The van der Waals surface area contributed by atoms with E-state index in [4.69, 9.17) is 11.6 Å². The molecular weight excluding hydrogens is 302 g/mol. The van der Waals surface area contributed by atoms with Crippen LogP contribution in [0.1, 0.15) is 5.56 Å². The first kappa shape index (κ1) is 15.2. The molecule has 1 N–H and O–H groups in total. The summed E-state index contributed by atoms with van der Waals surface area (Å²) >= 11 is 5.93. The van der Waals surface area contributed by atoms with Crippen LogP contribution in [0.15, 0.2) is 36.4 Å². The number of hydrogen-bond acceptors (Lipinski definition) is 3. The van der Waals surface area contributed by atoms with Crippen molar-refractivity contribution < 1.29 is 18.3 Å². The molecule has 0 aliphatic carbocycles. The Balaban J connectivity index is 2.24. The Labute approximate surface area is 124 Å². The molecule has 0 aliphatic rings. The zero-order valence-corrected chi connectivity index (χ0v) is 11.5. The highest BCUT2D eigenvalue weighted by molar-refractivity contribution is 6.29. The molecule has 2 aromatic rings. The van der Waals surface area contributed by atoms with Crippen LogP contribution in [-0.4, -0.2) is 18.0 Å². The summed E-state index contributed by atoms with van der Waals surface area (Å²) in [4.78, 5) is 14.5. The van der Waals surface area contributed by atoms with E-state index in [1.54, 1.807) is 24.3 Å². The third kappa shape index (κ3) is 4.39. The molecule has 0 unspecified atom stereocenters. The minimum Gasteiger partial charge on any atom is -0.435 e. The maximum atomic E-state index is 12.1. The third-order valence-corrected chi connectivity index (χ3v) is 2.81. The van der Waals surface area contributed by atoms with Crippen molar-refractivity contribution in [3.8, 4) is 17.0 Å². The zero-order chi connectivity index (χ0) is 15.2. The van der Waals surface area contributed by atoms with Crippen LogP contribution in [0.5, 0.6) is 5.75 Å². The second-order valence-electron chi connectivity index (χ2n) is 4.08. The number of hydrogen-bond donors (Lipinski definition) is 1. The number of aromatic nitrogens is 1. The second kappa shape index (κ2) is 6.99. The lowest BCUT2D eigenvalue weighted by molar-refractivity contribution is -0.109. The summed E-state index contributed by atoms with van der Waals surface area (Å²) in [6, 6.07) is 9.45. The van der Waals surface area contributed by atoms with Crippen molar-refractivity contribution in [3.63, 3.8) is 0 Å². The summed E-state index contributed by atoms with van der Waals surface area (Å²) in [5, 5.41) is 2.81. The number of amides is 1. The molecule has 0 saturated carbocycles. The van der Waals surface area contributed by atoms with Gasteiger partial charge in [-0.15, -0.1) is 0 Å². The average molecular weight is 313 g/mol. The summed E-state index contributed by atoms with van der Waals surface area (Å²) in [5.41, 5.74) is 2.06. The second-order valence-corrected chi connectivity index (χ2v) is 4.47. The molecule has 7 heteroatoms. The first-order valence-corrected chi connectivity index (χ1v) is 6.35. The Morgan fingerprint density at radius 2 is 2.00 bits per heavy atom. The van der Waals surface area contributed by atoms with E-state index in [0.717, 1.165) is 5.56 Å². The molecule has 0 atom stereocenters. The van der Waals surface area contributed by atoms with Crippen LogP contribution in [0, 0.1) is 0 Å². The number of ether oxygens (including phenoxy) is 1. The van der Waals surface area contributed by atoms with Crippen LogP contribution in [0.4, 0.5) is 8.78 Å². The molecule has 0 saturated heterocycles. The fourth-order valence-electron chi connectivity index (χ4n) is 1.77. The van der Waals surface area contributed by atoms with Crippen LogP contribution in [0.3, 0.4) is 0 Å². The number of carbonyl (C=O) groups is 1. The number of nitrogens with zero attached hydrogens (tertiary/aromatic N) is 1. The molecule has 1 amide bonds. The van der Waals surface area contributed by atoms with Gasteiger partial charge in [-0.25, -0.2) is 4.98 Å². The highest BCUT2D eigenvalue weighted by Gasteiger charge is 2.07. The lowest BCUT2D eigenvalue weighted by Crippen LogP contribution is -2.10. The number of alkyl halides is 2. The number of pyridine rings is 1. The molecular formula is C14H11ClF2N2O2. The van der Waals surface area contributed by atoms with E-state index in [0.29, 0.717) is 24.2 Å². The Hall–Kier alpha value is -2.21. The summed E-state index contributed by atoms with van der Waals surface area (Å²) in [5.74, 6) is 0.0682. The normalized spacial score (nSPS) is 10.5. The van der Waals surface area contributed by atoms with Crippen molar-refractivity contribution in [1.82, 2.24) is 10.3 Å². The van der Waals surface area contributed by atoms with Gasteiger partial charge in [0.25, 0.3) is 0 Å². The minimum absolute atomic E-state index is 0.0682. The van der Waals surface area contributed by atoms with E-state index in [1.807, 2.05) is 0 Å². The van der Waals surface area contributed by atoms with Crippen LogP contribution in [0.25, 0.3) is 11.3 Å². The van der Waals surface area contributed by atoms with Gasteiger partial charge in [-0.2, -0.15) is 8.78 Å². The molecule has 0 radical (unpaired) electrons. The standard InChI is InChI=1S/C14H11ClF2N2O2/c15-13-6-9(7-18-8-20)5-12(19-13)10-1-3-11(4-2-10)21-14(16)17/h1-6,8,14H,7H2,(H,18,20). The maximum absolute atomic E-state index is 12.1. The molecule has 0 fully saturated rings. The molecule has 21 heavy (non-hydrogen) atoms. The quantitative estimate of drug-likeness (QED) is 0.658. The number of benzene rings is 1. The average Bonchev–Trinajstić information content (AvgIpc) is 2.44. The SMILES string of the molecule is O=CNCc1cc(Cl)nc(-c2ccc(OC(F)F)cc2)c1.